The number of aromatic nitrogens is 2. The second kappa shape index (κ2) is 8.69. The molecule has 0 fully saturated rings. The van der Waals surface area contributed by atoms with Gasteiger partial charge in [0.1, 0.15) is 11.9 Å². The van der Waals surface area contributed by atoms with Crippen LogP contribution in [0.3, 0.4) is 0 Å². The number of nitrogens with one attached hydrogen (secondary N) is 1. The number of hydrogen-bond acceptors (Lipinski definition) is 8. The number of fused-ring (bicyclic) bond motifs is 1. The van der Waals surface area contributed by atoms with Crippen LogP contribution in [0, 0.1) is 10.1 Å². The van der Waals surface area contributed by atoms with E-state index in [0.717, 1.165) is 4.68 Å². The zero-order valence-electron chi connectivity index (χ0n) is 18.3. The normalized spacial score (nSPS) is 15.4. The van der Waals surface area contributed by atoms with E-state index in [-0.39, 0.29) is 17.1 Å². The molecule has 1 aromatic heterocycles. The van der Waals surface area contributed by atoms with Crippen LogP contribution in [-0.2, 0) is 14.3 Å². The van der Waals surface area contributed by atoms with E-state index in [9.17, 15) is 24.5 Å². The lowest BCUT2D eigenvalue weighted by Gasteiger charge is -2.31. The lowest BCUT2D eigenvalue weighted by molar-refractivity contribution is -0.384. The maximum absolute atomic E-state index is 13.0. The number of esters is 1. The first-order valence-electron chi connectivity index (χ1n) is 10.00. The van der Waals surface area contributed by atoms with Gasteiger partial charge in [-0.3, -0.25) is 14.9 Å². The summed E-state index contributed by atoms with van der Waals surface area (Å²) in [5, 5.41) is 14.3. The third-order valence-electron chi connectivity index (χ3n) is 4.64. The molecule has 1 N–H and O–H groups in total. The number of carbonyl (C=O) groups is 2. The number of nitro benzene ring substituents is 1. The van der Waals surface area contributed by atoms with Crippen LogP contribution >= 0.6 is 0 Å². The quantitative estimate of drug-likeness (QED) is 0.422. The minimum atomic E-state index is -1.06. The van der Waals surface area contributed by atoms with Gasteiger partial charge < -0.3 is 14.8 Å². The fourth-order valence-corrected chi connectivity index (χ4v) is 3.48. The molecule has 11 nitrogen and oxygen atoms in total. The molecule has 2 aromatic rings. The molecule has 1 unspecified atom stereocenters. The van der Waals surface area contributed by atoms with Crippen molar-refractivity contribution < 1.29 is 24.0 Å². The summed E-state index contributed by atoms with van der Waals surface area (Å²) in [5.41, 5.74) is -0.0730. The summed E-state index contributed by atoms with van der Waals surface area (Å²) in [6.07, 6.45) is -1.88. The first kappa shape index (κ1) is 22.8. The summed E-state index contributed by atoms with van der Waals surface area (Å²) in [5.74, 6) is -0.456. The van der Waals surface area contributed by atoms with E-state index in [1.54, 1.807) is 40.7 Å². The Bertz CT molecular complexity index is 1170. The van der Waals surface area contributed by atoms with Gasteiger partial charge in [0.05, 0.1) is 22.7 Å². The van der Waals surface area contributed by atoms with Gasteiger partial charge in [0.25, 0.3) is 11.2 Å². The van der Waals surface area contributed by atoms with Gasteiger partial charge >= 0.3 is 12.1 Å². The topological polar surface area (TPSA) is 135 Å². The van der Waals surface area contributed by atoms with Gasteiger partial charge in [0.2, 0.25) is 0 Å². The van der Waals surface area contributed by atoms with Crippen molar-refractivity contribution in [2.24, 2.45) is 0 Å². The molecule has 1 aromatic carbocycles. The van der Waals surface area contributed by atoms with Gasteiger partial charge in [-0.1, -0.05) is 12.1 Å². The third-order valence-corrected chi connectivity index (χ3v) is 4.64. The molecule has 1 aliphatic rings. The van der Waals surface area contributed by atoms with Crippen molar-refractivity contribution in [3.63, 3.8) is 0 Å². The number of rotatable bonds is 5. The molecule has 0 saturated heterocycles. The minimum absolute atomic E-state index is 0.105. The largest absolute Gasteiger partial charge is 0.459 e. The molecule has 0 saturated carbocycles. The Balaban J connectivity index is 2.29. The van der Waals surface area contributed by atoms with Crippen molar-refractivity contribution in [2.45, 2.75) is 52.9 Å². The Labute approximate surface area is 183 Å². The van der Waals surface area contributed by atoms with E-state index in [2.05, 4.69) is 5.32 Å². The summed E-state index contributed by atoms with van der Waals surface area (Å²) >= 11 is 0. The lowest BCUT2D eigenvalue weighted by atomic mass is 9.95. The van der Waals surface area contributed by atoms with Crippen molar-refractivity contribution in [1.82, 2.24) is 9.36 Å². The molecule has 1 atom stereocenters. The average Bonchev–Trinajstić information content (AvgIpc) is 3.00. The first-order chi connectivity index (χ1) is 15.0. The number of anilines is 1. The minimum Gasteiger partial charge on any atom is -0.459 e. The molecule has 0 amide bonds. The number of allylic oxidation sites excluding steroid dienone is 1. The standard InChI is InChI=1S/C21H24N4O7/c1-11(2)31-20(27)18-13(5)22-16-10-17(26)24(21(28)32-12(3)4)23(16)19(18)14-7-6-8-15(9-14)25(29)30/h6-12,19,22H,1-5H3. The van der Waals surface area contributed by atoms with Gasteiger partial charge in [-0.15, -0.1) is 4.68 Å². The molecular formula is C21H24N4O7. The molecule has 0 aliphatic carbocycles. The smallest absolute Gasteiger partial charge is 0.436 e. The number of nitrogens with zero attached hydrogens (tertiary/aromatic N) is 3. The van der Waals surface area contributed by atoms with E-state index < -0.39 is 40.8 Å². The maximum atomic E-state index is 13.0. The van der Waals surface area contributed by atoms with Crippen LogP contribution in [-0.4, -0.2) is 38.6 Å². The van der Waals surface area contributed by atoms with Crippen LogP contribution in [0.25, 0.3) is 0 Å². The van der Waals surface area contributed by atoms with E-state index in [1.165, 1.54) is 28.9 Å². The van der Waals surface area contributed by atoms with Crippen LogP contribution in [0.2, 0.25) is 0 Å². The fraction of sp³-hybridized carbons (Fsp3) is 0.381. The maximum Gasteiger partial charge on any atom is 0.436 e. The van der Waals surface area contributed by atoms with Crippen molar-refractivity contribution in [3.05, 3.63) is 67.6 Å². The molecule has 170 valence electrons. The van der Waals surface area contributed by atoms with Crippen molar-refractivity contribution in [2.75, 3.05) is 5.32 Å². The van der Waals surface area contributed by atoms with Crippen LogP contribution in [0.5, 0.6) is 0 Å². The molecule has 0 bridgehead atoms. The van der Waals surface area contributed by atoms with E-state index in [4.69, 9.17) is 9.47 Å². The average molecular weight is 444 g/mol. The molecule has 0 radical (unpaired) electrons. The number of benzene rings is 1. The van der Waals surface area contributed by atoms with Gasteiger partial charge in [-0.25, -0.2) is 14.3 Å². The highest BCUT2D eigenvalue weighted by Gasteiger charge is 2.37. The van der Waals surface area contributed by atoms with E-state index in [0.29, 0.717) is 11.3 Å². The molecular weight excluding hydrogens is 420 g/mol. The van der Waals surface area contributed by atoms with Crippen molar-refractivity contribution in [1.29, 1.82) is 0 Å². The second-order valence-corrected chi connectivity index (χ2v) is 7.83. The van der Waals surface area contributed by atoms with Crippen LogP contribution in [0.15, 0.2) is 46.4 Å². The number of non-ortho nitro benzene ring substituents is 1. The summed E-state index contributed by atoms with van der Waals surface area (Å²) in [7, 11) is 0. The summed E-state index contributed by atoms with van der Waals surface area (Å²) in [6.45, 7) is 8.26. The zero-order valence-corrected chi connectivity index (χ0v) is 18.3. The second-order valence-electron chi connectivity index (χ2n) is 7.83. The first-order valence-corrected chi connectivity index (χ1v) is 10.00. The zero-order chi connectivity index (χ0) is 23.7. The SMILES string of the molecule is CC1=C(C(=O)OC(C)C)C(c2cccc([N+](=O)[O-])c2)n2c(cc(=O)n2C(=O)OC(C)C)N1. The van der Waals surface area contributed by atoms with Gasteiger partial charge in [-0.05, 0) is 40.2 Å². The highest BCUT2D eigenvalue weighted by atomic mass is 16.6. The van der Waals surface area contributed by atoms with E-state index >= 15 is 0 Å². The van der Waals surface area contributed by atoms with Crippen LogP contribution in [0.4, 0.5) is 16.3 Å². The predicted octanol–water partition coefficient (Wildman–Crippen LogP) is 3.19. The molecule has 1 aliphatic heterocycles. The molecule has 2 heterocycles. The van der Waals surface area contributed by atoms with Gasteiger partial charge in [-0.2, -0.15) is 0 Å². The lowest BCUT2D eigenvalue weighted by Crippen LogP contribution is -2.38. The number of carbonyl (C=O) groups excluding carboxylic acids is 2. The molecule has 3 rings (SSSR count). The summed E-state index contributed by atoms with van der Waals surface area (Å²) in [4.78, 5) is 49.3. The highest BCUT2D eigenvalue weighted by Crippen LogP contribution is 2.37. The number of nitro groups is 1. The third kappa shape index (κ3) is 4.27. The van der Waals surface area contributed by atoms with Crippen LogP contribution in [0.1, 0.15) is 46.2 Å². The number of ether oxygens (including phenoxy) is 2. The Morgan fingerprint density at radius 2 is 1.78 bits per heavy atom. The fourth-order valence-electron chi connectivity index (χ4n) is 3.48. The summed E-state index contributed by atoms with van der Waals surface area (Å²) in [6, 6.07) is 5.78. The Kier molecular flexibility index (Phi) is 6.19. The Morgan fingerprint density at radius 3 is 2.38 bits per heavy atom. The van der Waals surface area contributed by atoms with Crippen LogP contribution < -0.4 is 10.9 Å². The summed E-state index contributed by atoms with van der Waals surface area (Å²) < 4.78 is 12.6. The molecule has 32 heavy (non-hydrogen) atoms. The van der Waals surface area contributed by atoms with Gasteiger partial charge in [0.15, 0.2) is 0 Å². The predicted molar refractivity (Wildman–Crippen MR) is 114 cm³/mol. The highest BCUT2D eigenvalue weighted by molar-refractivity contribution is 5.93. The number of hydrogen-bond donors (Lipinski definition) is 1. The van der Waals surface area contributed by atoms with E-state index in [1.807, 2.05) is 0 Å². The monoisotopic (exact) mass is 444 g/mol. The molecule has 11 heteroatoms. The van der Waals surface area contributed by atoms with Gasteiger partial charge in [0, 0.05) is 23.9 Å². The van der Waals surface area contributed by atoms with Crippen molar-refractivity contribution >= 4 is 23.6 Å². The Morgan fingerprint density at radius 1 is 1.12 bits per heavy atom. The van der Waals surface area contributed by atoms with Crippen molar-refractivity contribution in [3.8, 4) is 0 Å². The molecule has 0 spiro atoms. The Hall–Kier alpha value is -3.89.